The maximum absolute atomic E-state index is 10.6. The van der Waals surface area contributed by atoms with Crippen LogP contribution in [0.4, 0.5) is 0 Å². The first-order valence-corrected chi connectivity index (χ1v) is 4.59. The average molecular weight is 196 g/mol. The number of rotatable bonds is 4. The smallest absolute Gasteiger partial charge is 0.342 e. The van der Waals surface area contributed by atoms with Crippen LogP contribution >= 0.6 is 7.60 Å². The monoisotopic (exact) mass is 196 g/mol. The van der Waals surface area contributed by atoms with Gasteiger partial charge in [-0.3, -0.25) is 9.36 Å². The van der Waals surface area contributed by atoms with E-state index in [1.165, 1.54) is 0 Å². The topological polar surface area (TPSA) is 112 Å². The van der Waals surface area contributed by atoms with Gasteiger partial charge in [0.25, 0.3) is 0 Å². The van der Waals surface area contributed by atoms with E-state index in [1.807, 2.05) is 0 Å². The van der Waals surface area contributed by atoms with Crippen LogP contribution in [0.25, 0.3) is 0 Å². The van der Waals surface area contributed by atoms with E-state index in [0.29, 0.717) is 0 Å². The van der Waals surface area contributed by atoms with Crippen molar-refractivity contribution in [3.63, 3.8) is 0 Å². The maximum Gasteiger partial charge on any atom is 0.342 e. The molecule has 1 unspecified atom stereocenters. The summed E-state index contributed by atoms with van der Waals surface area (Å²) in [4.78, 5) is 37.6. The summed E-state index contributed by atoms with van der Waals surface area (Å²) < 4.78 is 10.6. The van der Waals surface area contributed by atoms with Crippen molar-refractivity contribution >= 4 is 19.9 Å². The summed E-state index contributed by atoms with van der Waals surface area (Å²) in [6, 6.07) is 0. The second-order valence-corrected chi connectivity index (χ2v) is 4.57. The van der Waals surface area contributed by atoms with Gasteiger partial charge in [0.15, 0.2) is 5.16 Å². The molecule has 0 radical (unpaired) electrons. The van der Waals surface area contributed by atoms with E-state index < -0.39 is 25.1 Å². The third-order valence-electron chi connectivity index (χ3n) is 1.58. The lowest BCUT2D eigenvalue weighted by Crippen LogP contribution is -2.35. The lowest BCUT2D eigenvalue weighted by atomic mass is 10.1. The Morgan fingerprint density at radius 3 is 2.08 bits per heavy atom. The molecular formula is C5H9O6P. The lowest BCUT2D eigenvalue weighted by molar-refractivity contribution is -0.141. The van der Waals surface area contributed by atoms with Crippen LogP contribution in [0.2, 0.25) is 0 Å². The van der Waals surface area contributed by atoms with E-state index in [0.717, 1.165) is 6.92 Å². The molecule has 0 aliphatic heterocycles. The number of hydrogen-bond donors (Lipinski definition) is 3. The van der Waals surface area contributed by atoms with Crippen LogP contribution < -0.4 is 0 Å². The first kappa shape index (κ1) is 11.3. The van der Waals surface area contributed by atoms with Gasteiger partial charge in [0.1, 0.15) is 6.29 Å². The van der Waals surface area contributed by atoms with E-state index in [2.05, 4.69) is 0 Å². The molecule has 0 bridgehead atoms. The zero-order chi connectivity index (χ0) is 9.99. The maximum atomic E-state index is 10.6. The van der Waals surface area contributed by atoms with Crippen LogP contribution in [-0.4, -0.2) is 32.3 Å². The summed E-state index contributed by atoms with van der Waals surface area (Å²) in [5.74, 6) is -1.68. The van der Waals surface area contributed by atoms with Crippen LogP contribution in [0.1, 0.15) is 13.3 Å². The highest BCUT2D eigenvalue weighted by atomic mass is 31.2. The predicted octanol–water partition coefficient (Wildman–Crippen LogP) is -0.404. The van der Waals surface area contributed by atoms with Crippen LogP contribution in [0.3, 0.4) is 0 Å². The molecule has 7 heteroatoms. The molecule has 0 rings (SSSR count). The molecule has 0 spiro atoms. The van der Waals surface area contributed by atoms with Gasteiger partial charge in [-0.15, -0.1) is 0 Å². The third-order valence-corrected chi connectivity index (χ3v) is 3.24. The fraction of sp³-hybridized carbons (Fsp3) is 0.600. The second-order valence-electron chi connectivity index (χ2n) is 2.49. The zero-order valence-electron chi connectivity index (χ0n) is 6.30. The average Bonchev–Trinajstić information content (AvgIpc) is 1.85. The van der Waals surface area contributed by atoms with Crippen molar-refractivity contribution in [1.82, 2.24) is 0 Å². The molecule has 0 aliphatic carbocycles. The molecule has 0 fully saturated rings. The number of aldehydes is 1. The van der Waals surface area contributed by atoms with E-state index in [1.54, 1.807) is 0 Å². The summed E-state index contributed by atoms with van der Waals surface area (Å²) in [6.07, 6.45) is -0.528. The van der Waals surface area contributed by atoms with Crippen molar-refractivity contribution < 1.29 is 29.0 Å². The van der Waals surface area contributed by atoms with Gasteiger partial charge in [-0.1, -0.05) is 0 Å². The molecule has 70 valence electrons. The van der Waals surface area contributed by atoms with Crippen molar-refractivity contribution in [3.05, 3.63) is 0 Å². The SMILES string of the molecule is CC(CC=O)(C(=O)O)P(=O)(O)O. The van der Waals surface area contributed by atoms with Crippen LogP contribution in [-0.2, 0) is 14.2 Å². The van der Waals surface area contributed by atoms with Crippen molar-refractivity contribution in [2.45, 2.75) is 18.5 Å². The Kier molecular flexibility index (Phi) is 3.15. The predicted molar refractivity (Wildman–Crippen MR) is 38.8 cm³/mol. The Bertz CT molecular complexity index is 242. The molecule has 0 aromatic heterocycles. The summed E-state index contributed by atoms with van der Waals surface area (Å²) in [5, 5.41) is 6.15. The fourth-order valence-electron chi connectivity index (χ4n) is 0.493. The molecule has 0 saturated heterocycles. The fourth-order valence-corrected chi connectivity index (χ4v) is 1.05. The molecule has 6 nitrogen and oxygen atoms in total. The normalized spacial score (nSPS) is 16.6. The number of carboxylic acids is 1. The Balaban J connectivity index is 5.01. The summed E-state index contributed by atoms with van der Waals surface area (Å²) in [6.45, 7) is 0.838. The molecule has 3 N–H and O–H groups in total. The van der Waals surface area contributed by atoms with Gasteiger partial charge in [0.2, 0.25) is 0 Å². The van der Waals surface area contributed by atoms with Crippen molar-refractivity contribution in [2.24, 2.45) is 0 Å². The van der Waals surface area contributed by atoms with Gasteiger partial charge in [-0.25, -0.2) is 0 Å². The highest BCUT2D eigenvalue weighted by Gasteiger charge is 2.49. The molecule has 0 aromatic carbocycles. The number of carbonyl (C=O) groups excluding carboxylic acids is 1. The van der Waals surface area contributed by atoms with E-state index in [-0.39, 0.29) is 6.29 Å². The molecule has 0 aromatic rings. The quantitative estimate of drug-likeness (QED) is 0.416. The van der Waals surface area contributed by atoms with Gasteiger partial charge >= 0.3 is 13.6 Å². The van der Waals surface area contributed by atoms with Crippen molar-refractivity contribution in [1.29, 1.82) is 0 Å². The Labute approximate surface area is 68.4 Å². The first-order valence-electron chi connectivity index (χ1n) is 2.98. The van der Waals surface area contributed by atoms with Crippen LogP contribution in [0.15, 0.2) is 0 Å². The molecule has 0 aliphatic rings. The Morgan fingerprint density at radius 2 is 2.00 bits per heavy atom. The molecule has 1 atom stereocenters. The summed E-state index contributed by atoms with van der Waals surface area (Å²) in [5.41, 5.74) is 0. The molecule has 0 amide bonds. The zero-order valence-corrected chi connectivity index (χ0v) is 7.19. The summed E-state index contributed by atoms with van der Waals surface area (Å²) in [7, 11) is -4.79. The van der Waals surface area contributed by atoms with Gasteiger partial charge in [0.05, 0.1) is 0 Å². The molecule has 0 saturated carbocycles. The van der Waals surface area contributed by atoms with Crippen LogP contribution in [0.5, 0.6) is 0 Å². The molecule has 0 heterocycles. The van der Waals surface area contributed by atoms with E-state index in [9.17, 15) is 14.2 Å². The number of carbonyl (C=O) groups is 2. The minimum absolute atomic E-state index is 0.174. The van der Waals surface area contributed by atoms with Gasteiger partial charge < -0.3 is 19.7 Å². The number of hydrogen-bond acceptors (Lipinski definition) is 3. The van der Waals surface area contributed by atoms with Gasteiger partial charge in [-0.2, -0.15) is 0 Å². The van der Waals surface area contributed by atoms with Gasteiger partial charge in [-0.05, 0) is 6.92 Å². The summed E-state index contributed by atoms with van der Waals surface area (Å²) >= 11 is 0. The van der Waals surface area contributed by atoms with Crippen molar-refractivity contribution in [3.8, 4) is 0 Å². The highest BCUT2D eigenvalue weighted by Crippen LogP contribution is 2.51. The standard InChI is InChI=1S/C5H9O6P/c1-5(2-3-6,4(7)8)12(9,10)11/h3H,2H2,1H3,(H,7,8)(H2,9,10,11). The number of aliphatic carboxylic acids is 1. The minimum atomic E-state index is -4.79. The molecular weight excluding hydrogens is 187 g/mol. The minimum Gasteiger partial charge on any atom is -0.480 e. The Hall–Kier alpha value is -0.710. The van der Waals surface area contributed by atoms with Crippen molar-refractivity contribution in [2.75, 3.05) is 0 Å². The molecule has 12 heavy (non-hydrogen) atoms. The van der Waals surface area contributed by atoms with E-state index in [4.69, 9.17) is 14.9 Å². The largest absolute Gasteiger partial charge is 0.480 e. The van der Waals surface area contributed by atoms with Crippen LogP contribution in [0, 0.1) is 0 Å². The third kappa shape index (κ3) is 1.91. The first-order chi connectivity index (χ1) is 5.25. The lowest BCUT2D eigenvalue weighted by Gasteiger charge is -2.22. The van der Waals surface area contributed by atoms with Gasteiger partial charge in [0, 0.05) is 6.42 Å². The van der Waals surface area contributed by atoms with E-state index >= 15 is 0 Å². The number of carboxylic acid groups (broad SMARTS) is 1. The second kappa shape index (κ2) is 3.35. The Morgan fingerprint density at radius 1 is 1.58 bits per heavy atom. The highest BCUT2D eigenvalue weighted by molar-refractivity contribution is 7.54.